The highest BCUT2D eigenvalue weighted by atomic mass is 35.5. The summed E-state index contributed by atoms with van der Waals surface area (Å²) in [5.41, 5.74) is 0.556. The number of amides is 2. The van der Waals surface area contributed by atoms with Crippen molar-refractivity contribution < 1.29 is 4.79 Å². The van der Waals surface area contributed by atoms with Gasteiger partial charge in [0.15, 0.2) is 5.82 Å². The van der Waals surface area contributed by atoms with E-state index in [1.165, 1.54) is 0 Å². The maximum absolute atomic E-state index is 12.1. The van der Waals surface area contributed by atoms with E-state index in [0.29, 0.717) is 27.4 Å². The summed E-state index contributed by atoms with van der Waals surface area (Å²) in [5.74, 6) is 1.39. The molecular weight excluding hydrogens is 325 g/mol. The Kier molecular flexibility index (Phi) is 5.26. The predicted molar refractivity (Wildman–Crippen MR) is 87.3 cm³/mol. The lowest BCUT2D eigenvalue weighted by Gasteiger charge is -2.19. The van der Waals surface area contributed by atoms with Gasteiger partial charge in [-0.05, 0) is 31.0 Å². The zero-order valence-corrected chi connectivity index (χ0v) is 14.0. The third kappa shape index (κ3) is 4.11. The third-order valence-corrected chi connectivity index (χ3v) is 3.76. The molecule has 0 fully saturated rings. The molecule has 22 heavy (non-hydrogen) atoms. The molecule has 0 spiro atoms. The molecule has 0 aliphatic carbocycles. The number of H-pyrrole nitrogens is 1. The fourth-order valence-electron chi connectivity index (χ4n) is 1.91. The number of hydrogen-bond donors (Lipinski definition) is 3. The molecule has 0 radical (unpaired) electrons. The van der Waals surface area contributed by atoms with Crippen LogP contribution in [0.5, 0.6) is 0 Å². The van der Waals surface area contributed by atoms with E-state index in [1.807, 2.05) is 20.8 Å². The van der Waals surface area contributed by atoms with Gasteiger partial charge in [-0.3, -0.25) is 5.10 Å². The lowest BCUT2D eigenvalue weighted by molar-refractivity contribution is 0.244. The van der Waals surface area contributed by atoms with Crippen LogP contribution in [0.25, 0.3) is 0 Å². The van der Waals surface area contributed by atoms with Crippen molar-refractivity contribution in [2.24, 2.45) is 5.92 Å². The Morgan fingerprint density at radius 1 is 1.27 bits per heavy atom. The van der Waals surface area contributed by atoms with E-state index in [0.717, 1.165) is 0 Å². The fraction of sp³-hybridized carbons (Fsp3) is 0.357. The zero-order valence-electron chi connectivity index (χ0n) is 12.4. The second kappa shape index (κ2) is 6.98. The van der Waals surface area contributed by atoms with Crippen molar-refractivity contribution in [2.75, 3.05) is 5.32 Å². The Morgan fingerprint density at radius 2 is 2.00 bits per heavy atom. The smallest absolute Gasteiger partial charge is 0.319 e. The normalized spacial score (nSPS) is 12.3. The van der Waals surface area contributed by atoms with Crippen LogP contribution in [-0.2, 0) is 0 Å². The van der Waals surface area contributed by atoms with Gasteiger partial charge in [-0.25, -0.2) is 9.78 Å². The highest BCUT2D eigenvalue weighted by molar-refractivity contribution is 6.42. The monoisotopic (exact) mass is 341 g/mol. The van der Waals surface area contributed by atoms with E-state index in [1.54, 1.807) is 18.2 Å². The fourth-order valence-corrected chi connectivity index (χ4v) is 2.21. The predicted octanol–water partition coefficient (Wildman–Crippen LogP) is 3.94. The molecule has 1 aromatic heterocycles. The second-order valence-corrected chi connectivity index (χ2v) is 6.04. The quantitative estimate of drug-likeness (QED) is 0.787. The van der Waals surface area contributed by atoms with Crippen molar-refractivity contribution in [1.29, 1.82) is 0 Å². The Morgan fingerprint density at radius 3 is 2.55 bits per heavy atom. The van der Waals surface area contributed by atoms with Crippen molar-refractivity contribution in [3.05, 3.63) is 39.9 Å². The second-order valence-electron chi connectivity index (χ2n) is 5.23. The molecule has 2 rings (SSSR count). The average molecular weight is 342 g/mol. The molecule has 6 nitrogen and oxygen atoms in total. The van der Waals surface area contributed by atoms with E-state index in [9.17, 15) is 4.79 Å². The highest BCUT2D eigenvalue weighted by Gasteiger charge is 2.22. The van der Waals surface area contributed by atoms with Gasteiger partial charge in [0.1, 0.15) is 5.82 Å². The molecule has 118 valence electrons. The summed E-state index contributed by atoms with van der Waals surface area (Å²) in [6, 6.07) is 4.23. The largest absolute Gasteiger partial charge is 0.328 e. The number of carbonyl (C=O) groups excluding carboxylic acids is 1. The minimum Gasteiger partial charge on any atom is -0.328 e. The van der Waals surface area contributed by atoms with Gasteiger partial charge < -0.3 is 10.6 Å². The number of rotatable bonds is 4. The van der Waals surface area contributed by atoms with Gasteiger partial charge >= 0.3 is 6.03 Å². The van der Waals surface area contributed by atoms with Crippen molar-refractivity contribution >= 4 is 34.9 Å². The molecule has 3 N–H and O–H groups in total. The number of anilines is 1. The number of aromatic amines is 1. The molecule has 1 unspecified atom stereocenters. The van der Waals surface area contributed by atoms with E-state index in [2.05, 4.69) is 25.8 Å². The van der Waals surface area contributed by atoms with Gasteiger partial charge in [-0.1, -0.05) is 37.0 Å². The Hall–Kier alpha value is -1.79. The van der Waals surface area contributed by atoms with Crippen molar-refractivity contribution in [3.8, 4) is 0 Å². The number of benzene rings is 1. The molecule has 0 saturated heterocycles. The van der Waals surface area contributed by atoms with Gasteiger partial charge in [-0.2, -0.15) is 5.10 Å². The first-order valence-electron chi connectivity index (χ1n) is 6.78. The van der Waals surface area contributed by atoms with Gasteiger partial charge in [-0.15, -0.1) is 0 Å². The van der Waals surface area contributed by atoms with E-state index >= 15 is 0 Å². The Bertz CT molecular complexity index is 671. The first kappa shape index (κ1) is 16.6. The van der Waals surface area contributed by atoms with Gasteiger partial charge in [0.05, 0.1) is 16.1 Å². The summed E-state index contributed by atoms with van der Waals surface area (Å²) >= 11 is 11.8. The molecule has 0 aliphatic rings. The van der Waals surface area contributed by atoms with Crippen molar-refractivity contribution in [1.82, 2.24) is 20.5 Å². The summed E-state index contributed by atoms with van der Waals surface area (Å²) in [7, 11) is 0. The SMILES string of the molecule is Cc1nc(C(NC(=O)Nc2ccc(Cl)c(Cl)c2)C(C)C)n[nH]1. The first-order chi connectivity index (χ1) is 10.4. The number of aryl methyl sites for hydroxylation is 1. The first-order valence-corrected chi connectivity index (χ1v) is 7.54. The van der Waals surface area contributed by atoms with Crippen LogP contribution < -0.4 is 10.6 Å². The minimum absolute atomic E-state index is 0.134. The molecule has 1 heterocycles. The summed E-state index contributed by atoms with van der Waals surface area (Å²) in [6.07, 6.45) is 0. The van der Waals surface area contributed by atoms with E-state index < -0.39 is 0 Å². The summed E-state index contributed by atoms with van der Waals surface area (Å²) in [4.78, 5) is 16.4. The number of halogens is 2. The lowest BCUT2D eigenvalue weighted by Crippen LogP contribution is -2.35. The highest BCUT2D eigenvalue weighted by Crippen LogP contribution is 2.25. The summed E-state index contributed by atoms with van der Waals surface area (Å²) in [6.45, 7) is 5.77. The molecule has 2 aromatic rings. The van der Waals surface area contributed by atoms with Gasteiger partial charge in [0.2, 0.25) is 0 Å². The molecular formula is C14H17Cl2N5O. The molecule has 1 aromatic carbocycles. The molecule has 0 saturated carbocycles. The number of aromatic nitrogens is 3. The van der Waals surface area contributed by atoms with Crippen LogP contribution in [0.2, 0.25) is 10.0 Å². The van der Waals surface area contributed by atoms with E-state index in [-0.39, 0.29) is 18.0 Å². The van der Waals surface area contributed by atoms with Crippen LogP contribution in [0.4, 0.5) is 10.5 Å². The minimum atomic E-state index is -0.362. The summed E-state index contributed by atoms with van der Waals surface area (Å²) in [5, 5.41) is 13.3. The molecule has 2 amide bonds. The number of hydrogen-bond acceptors (Lipinski definition) is 3. The third-order valence-electron chi connectivity index (χ3n) is 3.02. The maximum Gasteiger partial charge on any atom is 0.319 e. The molecule has 1 atom stereocenters. The van der Waals surface area contributed by atoms with Gasteiger partial charge in [0, 0.05) is 5.69 Å². The standard InChI is InChI=1S/C14H17Cl2N5O/c1-7(2)12(13-17-8(3)20-21-13)19-14(22)18-9-4-5-10(15)11(16)6-9/h4-7,12H,1-3H3,(H,17,20,21)(H2,18,19,22). The van der Waals surface area contributed by atoms with Crippen LogP contribution in [0.1, 0.15) is 31.5 Å². The molecule has 8 heteroatoms. The summed E-state index contributed by atoms with van der Waals surface area (Å²) < 4.78 is 0. The lowest BCUT2D eigenvalue weighted by atomic mass is 10.0. The number of nitrogens with one attached hydrogen (secondary N) is 3. The van der Waals surface area contributed by atoms with Crippen LogP contribution in [-0.4, -0.2) is 21.2 Å². The Balaban J connectivity index is 2.06. The number of nitrogens with zero attached hydrogens (tertiary/aromatic N) is 2. The van der Waals surface area contributed by atoms with Gasteiger partial charge in [0.25, 0.3) is 0 Å². The van der Waals surface area contributed by atoms with Crippen molar-refractivity contribution in [3.63, 3.8) is 0 Å². The van der Waals surface area contributed by atoms with Crippen LogP contribution in [0.3, 0.4) is 0 Å². The Labute approximate surface area is 138 Å². The van der Waals surface area contributed by atoms with E-state index in [4.69, 9.17) is 23.2 Å². The molecule has 0 aliphatic heterocycles. The zero-order chi connectivity index (χ0) is 16.3. The van der Waals surface area contributed by atoms with Crippen LogP contribution in [0.15, 0.2) is 18.2 Å². The number of urea groups is 1. The average Bonchev–Trinajstić information content (AvgIpc) is 2.86. The van der Waals surface area contributed by atoms with Crippen molar-refractivity contribution in [2.45, 2.75) is 26.8 Å². The number of carbonyl (C=O) groups is 1. The van der Waals surface area contributed by atoms with Crippen LogP contribution in [0, 0.1) is 12.8 Å². The van der Waals surface area contributed by atoms with Crippen LogP contribution >= 0.6 is 23.2 Å². The molecule has 0 bridgehead atoms. The maximum atomic E-state index is 12.1. The topological polar surface area (TPSA) is 82.7 Å².